The average Bonchev–Trinajstić information content (AvgIpc) is 2.53. The highest BCUT2D eigenvalue weighted by Gasteiger charge is 2.18. The summed E-state index contributed by atoms with van der Waals surface area (Å²) < 4.78 is 18.6. The fourth-order valence-corrected chi connectivity index (χ4v) is 2.13. The van der Waals surface area contributed by atoms with Crippen LogP contribution in [-0.2, 0) is 11.3 Å². The number of benzene rings is 2. The molecule has 1 N–H and O–H groups in total. The number of hydrogen-bond donors (Lipinski definition) is 1. The van der Waals surface area contributed by atoms with E-state index in [9.17, 15) is 19.3 Å². The Morgan fingerprint density at radius 2 is 2.13 bits per heavy atom. The predicted molar refractivity (Wildman–Crippen MR) is 83.2 cm³/mol. The fourth-order valence-electron chi connectivity index (χ4n) is 1.91. The van der Waals surface area contributed by atoms with Crippen LogP contribution in [0.15, 0.2) is 36.4 Å². The Bertz CT molecular complexity index is 747. The molecular formula is C15H12ClFN2O4. The van der Waals surface area contributed by atoms with Crippen molar-refractivity contribution in [2.45, 2.75) is 6.61 Å². The maximum atomic E-state index is 13.6. The van der Waals surface area contributed by atoms with Crippen LogP contribution in [0.2, 0.25) is 5.02 Å². The lowest BCUT2D eigenvalue weighted by atomic mass is 10.1. The van der Waals surface area contributed by atoms with Gasteiger partial charge >= 0.3 is 5.97 Å². The van der Waals surface area contributed by atoms with Gasteiger partial charge in [-0.25, -0.2) is 9.18 Å². The van der Waals surface area contributed by atoms with Gasteiger partial charge in [0.05, 0.1) is 15.5 Å². The van der Waals surface area contributed by atoms with Crippen LogP contribution in [0.1, 0.15) is 15.9 Å². The van der Waals surface area contributed by atoms with E-state index in [1.54, 1.807) is 0 Å². The number of hydrogen-bond acceptors (Lipinski definition) is 5. The minimum absolute atomic E-state index is 0.0110. The molecule has 0 amide bonds. The van der Waals surface area contributed by atoms with Gasteiger partial charge in [-0.3, -0.25) is 10.1 Å². The van der Waals surface area contributed by atoms with Crippen molar-refractivity contribution >= 4 is 28.9 Å². The van der Waals surface area contributed by atoms with Gasteiger partial charge in [-0.15, -0.1) is 0 Å². The number of rotatable bonds is 5. The SMILES string of the molecule is CNc1ccc(C(=O)OCc2c(F)cccc2Cl)cc1[N+](=O)[O-]. The number of nitrogens with zero attached hydrogens (tertiary/aromatic N) is 1. The number of anilines is 1. The zero-order valence-electron chi connectivity index (χ0n) is 12.0. The van der Waals surface area contributed by atoms with Crippen molar-refractivity contribution in [3.05, 3.63) is 68.5 Å². The molecular weight excluding hydrogens is 327 g/mol. The molecule has 23 heavy (non-hydrogen) atoms. The number of carbonyl (C=O) groups is 1. The number of halogens is 2. The molecule has 0 atom stereocenters. The average molecular weight is 339 g/mol. The zero-order valence-corrected chi connectivity index (χ0v) is 12.8. The van der Waals surface area contributed by atoms with Crippen LogP contribution in [0.25, 0.3) is 0 Å². The van der Waals surface area contributed by atoms with Gasteiger partial charge in [0.15, 0.2) is 0 Å². The topological polar surface area (TPSA) is 81.5 Å². The van der Waals surface area contributed by atoms with Gasteiger partial charge in [0.1, 0.15) is 18.1 Å². The Morgan fingerprint density at radius 1 is 1.39 bits per heavy atom. The second-order valence-electron chi connectivity index (χ2n) is 4.52. The second-order valence-corrected chi connectivity index (χ2v) is 4.92. The van der Waals surface area contributed by atoms with Gasteiger partial charge in [0.25, 0.3) is 5.69 Å². The van der Waals surface area contributed by atoms with Crippen molar-refractivity contribution in [1.82, 2.24) is 0 Å². The smallest absolute Gasteiger partial charge is 0.338 e. The third-order valence-electron chi connectivity index (χ3n) is 3.11. The van der Waals surface area contributed by atoms with E-state index in [2.05, 4.69) is 5.32 Å². The molecule has 6 nitrogen and oxygen atoms in total. The normalized spacial score (nSPS) is 10.2. The standard InChI is InChI=1S/C15H12ClFN2O4/c1-18-13-6-5-9(7-14(13)19(21)22)15(20)23-8-10-11(16)3-2-4-12(10)17/h2-7,18H,8H2,1H3. The Labute approximate surface area is 136 Å². The maximum Gasteiger partial charge on any atom is 0.338 e. The quantitative estimate of drug-likeness (QED) is 0.509. The molecule has 0 aliphatic heterocycles. The van der Waals surface area contributed by atoms with E-state index >= 15 is 0 Å². The molecule has 0 bridgehead atoms. The van der Waals surface area contributed by atoms with Gasteiger partial charge in [0, 0.05) is 18.7 Å². The van der Waals surface area contributed by atoms with E-state index in [4.69, 9.17) is 16.3 Å². The molecule has 2 aromatic rings. The molecule has 0 aliphatic carbocycles. The van der Waals surface area contributed by atoms with Crippen LogP contribution in [0.5, 0.6) is 0 Å². The molecule has 0 saturated heterocycles. The van der Waals surface area contributed by atoms with Crippen molar-refractivity contribution < 1.29 is 18.8 Å². The monoisotopic (exact) mass is 338 g/mol. The molecule has 0 fully saturated rings. The lowest BCUT2D eigenvalue weighted by Gasteiger charge is -2.08. The number of nitrogens with one attached hydrogen (secondary N) is 1. The van der Waals surface area contributed by atoms with E-state index in [1.165, 1.54) is 37.4 Å². The minimum Gasteiger partial charge on any atom is -0.457 e. The fraction of sp³-hybridized carbons (Fsp3) is 0.133. The molecule has 2 rings (SSSR count). The summed E-state index contributed by atoms with van der Waals surface area (Å²) in [5.41, 5.74) is 0.0431. The van der Waals surface area contributed by atoms with Crippen molar-refractivity contribution in [2.75, 3.05) is 12.4 Å². The first-order valence-electron chi connectivity index (χ1n) is 6.50. The summed E-state index contributed by atoms with van der Waals surface area (Å²) in [6.07, 6.45) is 0. The van der Waals surface area contributed by atoms with E-state index in [1.807, 2.05) is 0 Å². The summed E-state index contributed by atoms with van der Waals surface area (Å²) in [6, 6.07) is 7.97. The Balaban J connectivity index is 2.18. The number of carbonyl (C=O) groups excluding carboxylic acids is 1. The van der Waals surface area contributed by atoms with Crippen LogP contribution < -0.4 is 5.32 Å². The number of ether oxygens (including phenoxy) is 1. The summed E-state index contributed by atoms with van der Waals surface area (Å²) in [6.45, 7) is -0.369. The third kappa shape index (κ3) is 3.75. The molecule has 0 aromatic heterocycles. The maximum absolute atomic E-state index is 13.6. The number of nitro benzene ring substituents is 1. The van der Waals surface area contributed by atoms with E-state index in [0.717, 1.165) is 6.07 Å². The van der Waals surface area contributed by atoms with Gasteiger partial charge in [0.2, 0.25) is 0 Å². The molecule has 120 valence electrons. The van der Waals surface area contributed by atoms with Gasteiger partial charge in [-0.05, 0) is 24.3 Å². The summed E-state index contributed by atoms with van der Waals surface area (Å²) in [4.78, 5) is 22.3. The Hall–Kier alpha value is -2.67. The molecule has 0 spiro atoms. The lowest BCUT2D eigenvalue weighted by molar-refractivity contribution is -0.384. The van der Waals surface area contributed by atoms with E-state index < -0.39 is 16.7 Å². The van der Waals surface area contributed by atoms with Crippen LogP contribution in [0.3, 0.4) is 0 Å². The van der Waals surface area contributed by atoms with Crippen LogP contribution in [0, 0.1) is 15.9 Å². The number of esters is 1. The molecule has 0 radical (unpaired) electrons. The highest BCUT2D eigenvalue weighted by Crippen LogP contribution is 2.26. The van der Waals surface area contributed by atoms with Crippen molar-refractivity contribution in [1.29, 1.82) is 0 Å². The summed E-state index contributed by atoms with van der Waals surface area (Å²) >= 11 is 5.84. The zero-order chi connectivity index (χ0) is 17.0. The Morgan fingerprint density at radius 3 is 2.74 bits per heavy atom. The van der Waals surface area contributed by atoms with Crippen molar-refractivity contribution in [3.8, 4) is 0 Å². The highest BCUT2D eigenvalue weighted by molar-refractivity contribution is 6.31. The van der Waals surface area contributed by atoms with Crippen LogP contribution >= 0.6 is 11.6 Å². The second kappa shape index (κ2) is 7.06. The van der Waals surface area contributed by atoms with Crippen molar-refractivity contribution in [2.24, 2.45) is 0 Å². The van der Waals surface area contributed by atoms with Crippen LogP contribution in [-0.4, -0.2) is 17.9 Å². The van der Waals surface area contributed by atoms with Crippen molar-refractivity contribution in [3.63, 3.8) is 0 Å². The first kappa shape index (κ1) is 16.7. The molecule has 0 aliphatic rings. The summed E-state index contributed by atoms with van der Waals surface area (Å²) in [5, 5.41) is 13.8. The highest BCUT2D eigenvalue weighted by atomic mass is 35.5. The Kier molecular flexibility index (Phi) is 5.13. The largest absolute Gasteiger partial charge is 0.457 e. The molecule has 0 saturated carbocycles. The molecule has 0 heterocycles. The van der Waals surface area contributed by atoms with Gasteiger partial charge < -0.3 is 10.1 Å². The van der Waals surface area contributed by atoms with Gasteiger partial charge in [-0.1, -0.05) is 17.7 Å². The third-order valence-corrected chi connectivity index (χ3v) is 3.46. The summed E-state index contributed by atoms with van der Waals surface area (Å²) in [7, 11) is 1.53. The lowest BCUT2D eigenvalue weighted by Crippen LogP contribution is -2.08. The first-order chi connectivity index (χ1) is 10.9. The minimum atomic E-state index is -0.810. The molecule has 2 aromatic carbocycles. The predicted octanol–water partition coefficient (Wildman–Crippen LogP) is 3.79. The first-order valence-corrected chi connectivity index (χ1v) is 6.88. The van der Waals surface area contributed by atoms with E-state index in [-0.39, 0.29) is 34.1 Å². The molecule has 0 unspecified atom stereocenters. The summed E-state index contributed by atoms with van der Waals surface area (Å²) in [5.74, 6) is -1.41. The van der Waals surface area contributed by atoms with Gasteiger partial charge in [-0.2, -0.15) is 0 Å². The van der Waals surface area contributed by atoms with E-state index in [0.29, 0.717) is 0 Å². The number of nitro groups is 1. The molecule has 8 heteroatoms. The van der Waals surface area contributed by atoms with Crippen LogP contribution in [0.4, 0.5) is 15.8 Å².